The van der Waals surface area contributed by atoms with Gasteiger partial charge in [-0.05, 0) is 60.1 Å². The Labute approximate surface area is 200 Å². The molecule has 6 nitrogen and oxygen atoms in total. The van der Waals surface area contributed by atoms with Crippen LogP contribution in [-0.2, 0) is 35.4 Å². The molecule has 2 aromatic carbocycles. The molecule has 3 amide bonds. The number of halogens is 3. The lowest BCUT2D eigenvalue weighted by atomic mass is 9.70. The minimum atomic E-state index is -4.55. The molecule has 2 aromatic rings. The van der Waals surface area contributed by atoms with E-state index in [1.54, 1.807) is 36.4 Å². The minimum Gasteiger partial charge on any atom is -0.356 e. The highest BCUT2D eigenvalue weighted by molar-refractivity contribution is 5.98. The first-order valence-electron chi connectivity index (χ1n) is 11.8. The largest absolute Gasteiger partial charge is 0.406 e. The maximum absolute atomic E-state index is 13.2. The SMILES string of the molecule is O=C(N[C@@H]1Cc2ccccc2CN(CC(F)(F)F)C1=O)c1ccc2c(c1)CCC1(CCNC1=O)C2. The van der Waals surface area contributed by atoms with Crippen LogP contribution in [0.2, 0.25) is 0 Å². The molecular weight excluding hydrogens is 459 g/mol. The molecule has 0 saturated carbocycles. The Kier molecular flexibility index (Phi) is 5.81. The number of rotatable bonds is 3. The van der Waals surface area contributed by atoms with Gasteiger partial charge in [0.2, 0.25) is 11.8 Å². The molecule has 2 N–H and O–H groups in total. The molecule has 9 heteroatoms. The van der Waals surface area contributed by atoms with Crippen molar-refractivity contribution in [2.24, 2.45) is 5.41 Å². The second-order valence-electron chi connectivity index (χ2n) is 9.75. The van der Waals surface area contributed by atoms with E-state index in [4.69, 9.17) is 0 Å². The fourth-order valence-corrected chi connectivity index (χ4v) is 5.55. The third-order valence-corrected chi connectivity index (χ3v) is 7.43. The highest BCUT2D eigenvalue weighted by Gasteiger charge is 2.44. The lowest BCUT2D eigenvalue weighted by Gasteiger charge is -2.32. The molecule has 0 radical (unpaired) electrons. The average Bonchev–Trinajstić information content (AvgIpc) is 3.10. The topological polar surface area (TPSA) is 78.5 Å². The Balaban J connectivity index is 1.36. The summed E-state index contributed by atoms with van der Waals surface area (Å²) in [6.45, 7) is -0.853. The molecule has 1 unspecified atom stereocenters. The minimum absolute atomic E-state index is 0.0838. The fourth-order valence-electron chi connectivity index (χ4n) is 5.55. The van der Waals surface area contributed by atoms with Crippen molar-refractivity contribution in [3.8, 4) is 0 Å². The molecule has 2 aliphatic heterocycles. The second kappa shape index (κ2) is 8.70. The van der Waals surface area contributed by atoms with E-state index < -0.39 is 30.6 Å². The van der Waals surface area contributed by atoms with E-state index in [-0.39, 0.29) is 24.3 Å². The summed E-state index contributed by atoms with van der Waals surface area (Å²) in [6, 6.07) is 11.1. The fraction of sp³-hybridized carbons (Fsp3) is 0.423. The van der Waals surface area contributed by atoms with Crippen LogP contribution in [-0.4, -0.2) is 47.9 Å². The first-order valence-corrected chi connectivity index (χ1v) is 11.8. The number of amides is 3. The summed E-state index contributed by atoms with van der Waals surface area (Å²) < 4.78 is 39.5. The van der Waals surface area contributed by atoms with Crippen LogP contribution in [0, 0.1) is 5.41 Å². The maximum atomic E-state index is 13.2. The number of alkyl halides is 3. The van der Waals surface area contributed by atoms with Gasteiger partial charge >= 0.3 is 6.18 Å². The number of carbonyl (C=O) groups is 3. The summed E-state index contributed by atoms with van der Waals surface area (Å²) in [7, 11) is 0. The maximum Gasteiger partial charge on any atom is 0.406 e. The van der Waals surface area contributed by atoms with Gasteiger partial charge in [0.05, 0.1) is 5.41 Å². The van der Waals surface area contributed by atoms with Gasteiger partial charge in [0.15, 0.2) is 0 Å². The Morgan fingerprint density at radius 2 is 1.83 bits per heavy atom. The molecular formula is C26H26F3N3O3. The van der Waals surface area contributed by atoms with E-state index in [9.17, 15) is 27.6 Å². The van der Waals surface area contributed by atoms with Crippen molar-refractivity contribution < 1.29 is 27.6 Å². The van der Waals surface area contributed by atoms with Crippen molar-refractivity contribution >= 4 is 17.7 Å². The molecule has 2 atom stereocenters. The van der Waals surface area contributed by atoms with Gasteiger partial charge in [0.1, 0.15) is 12.6 Å². The zero-order valence-electron chi connectivity index (χ0n) is 19.1. The van der Waals surface area contributed by atoms with E-state index in [0.717, 1.165) is 28.0 Å². The van der Waals surface area contributed by atoms with Crippen molar-refractivity contribution in [2.45, 2.75) is 50.9 Å². The molecule has 1 spiro atoms. The monoisotopic (exact) mass is 485 g/mol. The van der Waals surface area contributed by atoms with Crippen LogP contribution in [0.4, 0.5) is 13.2 Å². The van der Waals surface area contributed by atoms with Gasteiger partial charge in [-0.2, -0.15) is 13.2 Å². The van der Waals surface area contributed by atoms with Crippen LogP contribution in [0.25, 0.3) is 0 Å². The number of benzene rings is 2. The Bertz CT molecular complexity index is 1200. The van der Waals surface area contributed by atoms with E-state index in [0.29, 0.717) is 36.9 Å². The van der Waals surface area contributed by atoms with Gasteiger partial charge in [-0.3, -0.25) is 14.4 Å². The number of hydrogen-bond acceptors (Lipinski definition) is 3. The molecule has 0 bridgehead atoms. The number of aryl methyl sites for hydroxylation is 1. The molecule has 3 aliphatic rings. The molecule has 0 aromatic heterocycles. The molecule has 1 fully saturated rings. The van der Waals surface area contributed by atoms with E-state index in [1.165, 1.54) is 0 Å². The highest BCUT2D eigenvalue weighted by Crippen LogP contribution is 2.41. The predicted molar refractivity (Wildman–Crippen MR) is 121 cm³/mol. The number of fused-ring (bicyclic) bond motifs is 2. The Hall–Kier alpha value is -3.36. The van der Waals surface area contributed by atoms with Gasteiger partial charge in [-0.1, -0.05) is 30.3 Å². The normalized spacial score (nSPS) is 24.0. The summed E-state index contributed by atoms with van der Waals surface area (Å²) in [5, 5.41) is 5.59. The van der Waals surface area contributed by atoms with Crippen LogP contribution in [0.1, 0.15) is 45.5 Å². The summed E-state index contributed by atoms with van der Waals surface area (Å²) in [5.74, 6) is -1.17. The quantitative estimate of drug-likeness (QED) is 0.702. The van der Waals surface area contributed by atoms with Gasteiger partial charge in [0.25, 0.3) is 5.91 Å². The molecule has 35 heavy (non-hydrogen) atoms. The molecule has 5 rings (SSSR count). The van der Waals surface area contributed by atoms with Crippen LogP contribution >= 0.6 is 0 Å². The van der Waals surface area contributed by atoms with Crippen molar-refractivity contribution in [1.82, 2.24) is 15.5 Å². The molecule has 184 valence electrons. The second-order valence-corrected chi connectivity index (χ2v) is 9.75. The molecule has 1 aliphatic carbocycles. The number of hydrogen-bond donors (Lipinski definition) is 2. The van der Waals surface area contributed by atoms with Gasteiger partial charge < -0.3 is 15.5 Å². The van der Waals surface area contributed by atoms with Crippen molar-refractivity contribution in [1.29, 1.82) is 0 Å². The van der Waals surface area contributed by atoms with Crippen LogP contribution < -0.4 is 10.6 Å². The highest BCUT2D eigenvalue weighted by atomic mass is 19.4. The van der Waals surface area contributed by atoms with E-state index >= 15 is 0 Å². The summed E-state index contributed by atoms with van der Waals surface area (Å²) in [4.78, 5) is 39.2. The van der Waals surface area contributed by atoms with E-state index in [1.807, 2.05) is 6.07 Å². The lowest BCUT2D eigenvalue weighted by Crippen LogP contribution is -2.50. The summed E-state index contributed by atoms with van der Waals surface area (Å²) >= 11 is 0. The van der Waals surface area contributed by atoms with Gasteiger partial charge in [-0.15, -0.1) is 0 Å². The first kappa shape index (κ1) is 23.4. The number of nitrogens with one attached hydrogen (secondary N) is 2. The van der Waals surface area contributed by atoms with Gasteiger partial charge in [0, 0.05) is 25.1 Å². The van der Waals surface area contributed by atoms with Crippen molar-refractivity contribution in [3.63, 3.8) is 0 Å². The Morgan fingerprint density at radius 1 is 1.06 bits per heavy atom. The number of nitrogens with zero attached hydrogens (tertiary/aromatic N) is 1. The number of carbonyl (C=O) groups excluding carboxylic acids is 3. The van der Waals surface area contributed by atoms with Crippen LogP contribution in [0.5, 0.6) is 0 Å². The van der Waals surface area contributed by atoms with E-state index in [2.05, 4.69) is 10.6 Å². The first-order chi connectivity index (χ1) is 16.6. The third kappa shape index (κ3) is 4.63. The van der Waals surface area contributed by atoms with Crippen molar-refractivity contribution in [3.05, 3.63) is 70.3 Å². The Morgan fingerprint density at radius 3 is 2.54 bits per heavy atom. The smallest absolute Gasteiger partial charge is 0.356 e. The van der Waals surface area contributed by atoms with Gasteiger partial charge in [-0.25, -0.2) is 0 Å². The van der Waals surface area contributed by atoms with Crippen LogP contribution in [0.15, 0.2) is 42.5 Å². The lowest BCUT2D eigenvalue weighted by molar-refractivity contribution is -0.163. The van der Waals surface area contributed by atoms with Crippen LogP contribution in [0.3, 0.4) is 0 Å². The zero-order chi connectivity index (χ0) is 24.8. The molecule has 1 saturated heterocycles. The standard InChI is InChI=1S/C26H26F3N3O3/c27-26(28,29)15-32-14-20-4-2-1-3-16(20)12-21(23(32)34)31-22(33)18-5-6-19-13-25(8-7-17(19)11-18)9-10-30-24(25)35/h1-6,11,21H,7-10,12-15H2,(H,30,35)(H,31,33)/t21-,25?/m1/s1. The molecule has 2 heterocycles. The average molecular weight is 486 g/mol. The summed E-state index contributed by atoms with van der Waals surface area (Å²) in [6.07, 6.45) is -1.62. The predicted octanol–water partition coefficient (Wildman–Crippen LogP) is 2.93. The zero-order valence-corrected chi connectivity index (χ0v) is 19.1. The third-order valence-electron chi connectivity index (χ3n) is 7.43. The summed E-state index contributed by atoms with van der Waals surface area (Å²) in [5.41, 5.74) is 3.36. The van der Waals surface area contributed by atoms with Crippen molar-refractivity contribution in [2.75, 3.05) is 13.1 Å².